The summed E-state index contributed by atoms with van der Waals surface area (Å²) in [6.07, 6.45) is 13.3. The molecule has 3 atom stereocenters. The fraction of sp³-hybridized carbons (Fsp3) is 0.679. The molecule has 1 N–H and O–H groups in total. The van der Waals surface area contributed by atoms with Crippen LogP contribution < -0.4 is 5.43 Å². The van der Waals surface area contributed by atoms with Gasteiger partial charge in [0.1, 0.15) is 0 Å². The van der Waals surface area contributed by atoms with Crippen molar-refractivity contribution in [1.29, 1.82) is 0 Å². The first kappa shape index (κ1) is 32.5. The van der Waals surface area contributed by atoms with Crippen LogP contribution in [0, 0.1) is 11.8 Å². The number of hydrogen-bond donors (Lipinski definition) is 1. The summed E-state index contributed by atoms with van der Waals surface area (Å²) in [5.74, 6) is 0.189. The number of amides is 1. The number of hydrazine groups is 1. The van der Waals surface area contributed by atoms with Crippen LogP contribution in [-0.2, 0) is 4.79 Å². The van der Waals surface area contributed by atoms with Crippen LogP contribution in [0.1, 0.15) is 101 Å². The van der Waals surface area contributed by atoms with E-state index in [1.54, 1.807) is 6.92 Å². The van der Waals surface area contributed by atoms with Crippen LogP contribution in [0.2, 0.25) is 0 Å². The fourth-order valence-corrected chi connectivity index (χ4v) is 4.29. The number of halogens is 1. The van der Waals surface area contributed by atoms with Gasteiger partial charge in [-0.05, 0) is 45.4 Å². The highest BCUT2D eigenvalue weighted by molar-refractivity contribution is 5.73. The highest BCUT2D eigenvalue weighted by Crippen LogP contribution is 2.40. The maximum absolute atomic E-state index is 13.0. The first-order valence-electron chi connectivity index (χ1n) is 12.4. The summed E-state index contributed by atoms with van der Waals surface area (Å²) in [6.45, 7) is 22.0. The summed E-state index contributed by atoms with van der Waals surface area (Å²) >= 11 is 0. The second-order valence-electron chi connectivity index (χ2n) is 8.51. The van der Waals surface area contributed by atoms with Crippen LogP contribution in [0.25, 0.3) is 0 Å². The lowest BCUT2D eigenvalue weighted by Gasteiger charge is -2.49. The van der Waals surface area contributed by atoms with Crippen LogP contribution in [0.5, 0.6) is 0 Å². The van der Waals surface area contributed by atoms with Gasteiger partial charge in [0.25, 0.3) is 0 Å². The molecular formula is C28H51FN2O. The maximum atomic E-state index is 13.0. The van der Waals surface area contributed by atoms with Gasteiger partial charge in [0.05, 0.1) is 11.4 Å². The molecule has 3 unspecified atom stereocenters. The Bertz CT molecular complexity index is 635. The molecule has 0 aliphatic carbocycles. The number of hydrogen-bond acceptors (Lipinski definition) is 2. The summed E-state index contributed by atoms with van der Waals surface area (Å²) in [4.78, 5) is 12.6. The minimum atomic E-state index is -0.353. The third kappa shape index (κ3) is 10.8. The quantitative estimate of drug-likeness (QED) is 0.164. The van der Waals surface area contributed by atoms with E-state index in [4.69, 9.17) is 0 Å². The first-order chi connectivity index (χ1) is 15.1. The first-order valence-corrected chi connectivity index (χ1v) is 12.4. The van der Waals surface area contributed by atoms with Crippen molar-refractivity contribution in [2.45, 2.75) is 106 Å². The van der Waals surface area contributed by atoms with Crippen LogP contribution in [-0.4, -0.2) is 23.5 Å². The molecular weight excluding hydrogens is 399 g/mol. The van der Waals surface area contributed by atoms with Crippen LogP contribution >= 0.6 is 0 Å². The Balaban J connectivity index is 0. The summed E-state index contributed by atoms with van der Waals surface area (Å²) in [5, 5.41) is 1.84. The summed E-state index contributed by atoms with van der Waals surface area (Å²) in [6, 6.07) is 0. The number of allylic oxidation sites excluding steroid dienone is 6. The standard InChI is InChI=1S/C26H45FN2O.C2H6/c1-10-12-13-15-21(4)24(7)26(18-11-2,29(28-9)25(8)30)19-22(5)20(3)16-14-17-23(6)27;1-2/h12-13,15-16,22,24,28H,6,10-11,14,17-19H2,1-5,7-9H3;1-2H3/b13-12-,20-16+,21-15-;. The molecule has 0 saturated carbocycles. The number of rotatable bonds is 14. The monoisotopic (exact) mass is 450 g/mol. The second-order valence-corrected chi connectivity index (χ2v) is 8.51. The van der Waals surface area contributed by atoms with E-state index < -0.39 is 0 Å². The van der Waals surface area contributed by atoms with Gasteiger partial charge in [0.15, 0.2) is 0 Å². The molecule has 0 rings (SSSR count). The molecule has 4 heteroatoms. The molecule has 0 aliphatic heterocycles. The Morgan fingerprint density at radius 3 is 2.19 bits per heavy atom. The average Bonchev–Trinajstić information content (AvgIpc) is 2.74. The van der Waals surface area contributed by atoms with Crippen LogP contribution in [0.15, 0.2) is 47.9 Å². The molecule has 1 amide bonds. The maximum Gasteiger partial charge on any atom is 0.234 e. The lowest BCUT2D eigenvalue weighted by atomic mass is 9.70. The van der Waals surface area contributed by atoms with Crippen LogP contribution in [0.3, 0.4) is 0 Å². The van der Waals surface area contributed by atoms with Crippen molar-refractivity contribution >= 4 is 5.91 Å². The van der Waals surface area contributed by atoms with Crippen molar-refractivity contribution in [1.82, 2.24) is 10.4 Å². The highest BCUT2D eigenvalue weighted by atomic mass is 19.1. The molecule has 32 heavy (non-hydrogen) atoms. The molecule has 0 fully saturated rings. The average molecular weight is 451 g/mol. The van der Waals surface area contributed by atoms with Gasteiger partial charge in [0, 0.05) is 26.3 Å². The van der Waals surface area contributed by atoms with Crippen molar-refractivity contribution in [3.05, 3.63) is 47.9 Å². The molecule has 0 heterocycles. The Labute approximate surface area is 198 Å². The minimum Gasteiger partial charge on any atom is -0.274 e. The van der Waals surface area contributed by atoms with Gasteiger partial charge < -0.3 is 0 Å². The van der Waals surface area contributed by atoms with Crippen molar-refractivity contribution in [2.75, 3.05) is 7.05 Å². The van der Waals surface area contributed by atoms with Gasteiger partial charge in [-0.15, -0.1) is 0 Å². The molecule has 0 aromatic carbocycles. The molecule has 0 aromatic rings. The zero-order chi connectivity index (χ0) is 25.3. The molecule has 0 aromatic heterocycles. The Morgan fingerprint density at radius 1 is 1.16 bits per heavy atom. The second kappa shape index (κ2) is 17.8. The molecule has 0 aliphatic rings. The minimum absolute atomic E-state index is 0.0252. The van der Waals surface area contributed by atoms with Crippen molar-refractivity contribution in [2.24, 2.45) is 11.8 Å². The predicted octanol–water partition coefficient (Wildman–Crippen LogP) is 8.32. The van der Waals surface area contributed by atoms with Gasteiger partial charge in [-0.2, -0.15) is 0 Å². The van der Waals surface area contributed by atoms with E-state index in [2.05, 4.69) is 77.9 Å². The zero-order valence-corrected chi connectivity index (χ0v) is 22.6. The lowest BCUT2D eigenvalue weighted by Crippen LogP contribution is -2.61. The van der Waals surface area contributed by atoms with Gasteiger partial charge in [0.2, 0.25) is 5.91 Å². The van der Waals surface area contributed by atoms with E-state index in [9.17, 15) is 9.18 Å². The predicted molar refractivity (Wildman–Crippen MR) is 140 cm³/mol. The van der Waals surface area contributed by atoms with Crippen molar-refractivity contribution in [3.8, 4) is 0 Å². The third-order valence-corrected chi connectivity index (χ3v) is 6.21. The number of nitrogens with one attached hydrogen (secondary N) is 1. The third-order valence-electron chi connectivity index (χ3n) is 6.21. The topological polar surface area (TPSA) is 32.3 Å². The smallest absolute Gasteiger partial charge is 0.234 e. The number of carbonyl (C=O) groups is 1. The van der Waals surface area contributed by atoms with E-state index in [1.807, 2.05) is 25.9 Å². The van der Waals surface area contributed by atoms with Crippen molar-refractivity contribution < 1.29 is 9.18 Å². The zero-order valence-electron chi connectivity index (χ0n) is 22.6. The molecule has 186 valence electrons. The molecule has 0 bridgehead atoms. The van der Waals surface area contributed by atoms with E-state index in [-0.39, 0.29) is 29.1 Å². The van der Waals surface area contributed by atoms with E-state index >= 15 is 0 Å². The molecule has 0 radical (unpaired) electrons. The van der Waals surface area contributed by atoms with Crippen LogP contribution in [0.4, 0.5) is 4.39 Å². The highest BCUT2D eigenvalue weighted by Gasteiger charge is 2.44. The van der Waals surface area contributed by atoms with E-state index in [1.165, 1.54) is 11.1 Å². The normalized spacial score (nSPS) is 16.1. The molecule has 0 spiro atoms. The summed E-state index contributed by atoms with van der Waals surface area (Å²) in [7, 11) is 1.83. The number of carbonyl (C=O) groups excluding carboxylic acids is 1. The largest absolute Gasteiger partial charge is 0.274 e. The Morgan fingerprint density at radius 2 is 1.75 bits per heavy atom. The SMILES string of the molecule is C=C(F)CC/C=C(\C)C(C)CC(CCC)(C(C)/C(C)=C\C=C/CC)N(NC)C(C)=O.CC. The Hall–Kier alpha value is -1.68. The number of nitrogens with zero attached hydrogens (tertiary/aromatic N) is 1. The molecule has 3 nitrogen and oxygen atoms in total. The van der Waals surface area contributed by atoms with E-state index in [0.717, 1.165) is 25.7 Å². The van der Waals surface area contributed by atoms with Crippen molar-refractivity contribution in [3.63, 3.8) is 0 Å². The molecule has 0 saturated heterocycles. The van der Waals surface area contributed by atoms with E-state index in [0.29, 0.717) is 12.8 Å². The van der Waals surface area contributed by atoms with Gasteiger partial charge >= 0.3 is 0 Å². The lowest BCUT2D eigenvalue weighted by molar-refractivity contribution is -0.143. The van der Waals surface area contributed by atoms with Gasteiger partial charge in [-0.3, -0.25) is 9.80 Å². The fourth-order valence-electron chi connectivity index (χ4n) is 4.29. The van der Waals surface area contributed by atoms with Gasteiger partial charge in [-0.25, -0.2) is 9.82 Å². The van der Waals surface area contributed by atoms with Gasteiger partial charge in [-0.1, -0.05) is 90.0 Å². The Kier molecular flexibility index (Phi) is 18.1. The summed E-state index contributed by atoms with van der Waals surface area (Å²) in [5.41, 5.74) is 5.33. The summed E-state index contributed by atoms with van der Waals surface area (Å²) < 4.78 is 13.0.